The Hall–Kier alpha value is -1.69. The average Bonchev–Trinajstić information content (AvgIpc) is 2.37. The first-order valence-electron chi connectivity index (χ1n) is 6.33. The van der Waals surface area contributed by atoms with Gasteiger partial charge in [0.2, 0.25) is 5.91 Å². The third-order valence-electron chi connectivity index (χ3n) is 2.89. The van der Waals surface area contributed by atoms with Crippen molar-refractivity contribution in [3.8, 4) is 5.75 Å². The predicted octanol–water partition coefficient (Wildman–Crippen LogP) is 2.42. The largest absolute Gasteiger partial charge is 0.435 e. The molecule has 2 atom stereocenters. The number of rotatable bonds is 6. The van der Waals surface area contributed by atoms with Crippen molar-refractivity contribution in [1.29, 1.82) is 0 Å². The van der Waals surface area contributed by atoms with Crippen LogP contribution in [0.1, 0.15) is 25.5 Å². The lowest BCUT2D eigenvalue weighted by Crippen LogP contribution is -2.42. The number of alkyl halides is 2. The summed E-state index contributed by atoms with van der Waals surface area (Å²) in [4.78, 5) is 13.3. The summed E-state index contributed by atoms with van der Waals surface area (Å²) in [6, 6.07) is 5.93. The van der Waals surface area contributed by atoms with Crippen LogP contribution in [0, 0.1) is 0 Å². The molecule has 0 aliphatic heterocycles. The molecule has 112 valence electrons. The Kier molecular flexibility index (Phi) is 5.88. The van der Waals surface area contributed by atoms with Crippen molar-refractivity contribution in [2.45, 2.75) is 32.5 Å². The van der Waals surface area contributed by atoms with Crippen LogP contribution in [0.4, 0.5) is 8.78 Å². The number of halogens is 2. The Balaban J connectivity index is 2.72. The fraction of sp³-hybridized carbons (Fsp3) is 0.500. The number of benzene rings is 1. The minimum atomic E-state index is -2.84. The molecule has 0 aliphatic carbocycles. The molecule has 1 aromatic carbocycles. The van der Waals surface area contributed by atoms with Gasteiger partial charge in [-0.05, 0) is 31.5 Å². The van der Waals surface area contributed by atoms with Gasteiger partial charge >= 0.3 is 6.61 Å². The van der Waals surface area contributed by atoms with Gasteiger partial charge in [0.25, 0.3) is 0 Å². The maximum atomic E-state index is 12.2. The van der Waals surface area contributed by atoms with Crippen molar-refractivity contribution < 1.29 is 18.3 Å². The zero-order valence-electron chi connectivity index (χ0n) is 12.1. The molecule has 2 unspecified atom stereocenters. The monoisotopic (exact) mass is 286 g/mol. The molecule has 0 fully saturated rings. The van der Waals surface area contributed by atoms with E-state index in [9.17, 15) is 13.6 Å². The second-order valence-corrected chi connectivity index (χ2v) is 4.79. The van der Waals surface area contributed by atoms with E-state index in [1.54, 1.807) is 33.2 Å². The van der Waals surface area contributed by atoms with Gasteiger partial charge < -0.3 is 9.64 Å². The number of nitrogens with zero attached hydrogens (tertiary/aromatic N) is 1. The molecule has 6 heteroatoms. The lowest BCUT2D eigenvalue weighted by molar-refractivity contribution is -0.130. The Morgan fingerprint density at radius 2 is 1.95 bits per heavy atom. The van der Waals surface area contributed by atoms with Gasteiger partial charge in [0.05, 0.1) is 6.04 Å². The van der Waals surface area contributed by atoms with Gasteiger partial charge in [-0.2, -0.15) is 8.78 Å². The highest BCUT2D eigenvalue weighted by atomic mass is 19.3. The molecule has 0 saturated carbocycles. The van der Waals surface area contributed by atoms with Crippen LogP contribution in [-0.2, 0) is 4.79 Å². The van der Waals surface area contributed by atoms with E-state index in [0.717, 1.165) is 5.56 Å². The third kappa shape index (κ3) is 4.77. The van der Waals surface area contributed by atoms with E-state index in [2.05, 4.69) is 10.1 Å². The second-order valence-electron chi connectivity index (χ2n) is 4.79. The first-order valence-corrected chi connectivity index (χ1v) is 6.33. The molecule has 1 aromatic rings. The molecule has 0 heterocycles. The molecule has 0 aliphatic rings. The van der Waals surface area contributed by atoms with Crippen LogP contribution < -0.4 is 10.1 Å². The molecule has 20 heavy (non-hydrogen) atoms. The van der Waals surface area contributed by atoms with E-state index < -0.39 is 6.61 Å². The molecule has 0 bridgehead atoms. The fourth-order valence-electron chi connectivity index (χ4n) is 1.89. The Morgan fingerprint density at radius 3 is 2.50 bits per heavy atom. The highest BCUT2D eigenvalue weighted by molar-refractivity contribution is 5.80. The fourth-order valence-corrected chi connectivity index (χ4v) is 1.89. The van der Waals surface area contributed by atoms with Gasteiger partial charge in [-0.3, -0.25) is 10.1 Å². The van der Waals surface area contributed by atoms with Gasteiger partial charge in [0.15, 0.2) is 0 Å². The third-order valence-corrected chi connectivity index (χ3v) is 2.89. The Labute approximate surface area is 117 Å². The van der Waals surface area contributed by atoms with Crippen LogP contribution in [0.15, 0.2) is 24.3 Å². The van der Waals surface area contributed by atoms with Crippen molar-refractivity contribution in [2.24, 2.45) is 0 Å². The predicted molar refractivity (Wildman–Crippen MR) is 72.8 cm³/mol. The number of ether oxygens (including phenoxy) is 1. The molecule has 1 N–H and O–H groups in total. The smallest absolute Gasteiger partial charge is 0.387 e. The van der Waals surface area contributed by atoms with Gasteiger partial charge in [-0.1, -0.05) is 12.1 Å². The zero-order valence-corrected chi connectivity index (χ0v) is 12.1. The number of hydrogen-bond acceptors (Lipinski definition) is 3. The van der Waals surface area contributed by atoms with E-state index in [0.29, 0.717) is 0 Å². The number of hydrogen-bond donors (Lipinski definition) is 1. The molecule has 4 nitrogen and oxygen atoms in total. The van der Waals surface area contributed by atoms with Crippen LogP contribution >= 0.6 is 0 Å². The molecule has 0 saturated heterocycles. The maximum absolute atomic E-state index is 12.2. The Morgan fingerprint density at radius 1 is 1.30 bits per heavy atom. The zero-order chi connectivity index (χ0) is 15.3. The Bertz CT molecular complexity index is 453. The van der Waals surface area contributed by atoms with Crippen LogP contribution in [0.5, 0.6) is 5.75 Å². The van der Waals surface area contributed by atoms with Crippen LogP contribution in [0.2, 0.25) is 0 Å². The summed E-state index contributed by atoms with van der Waals surface area (Å²) in [6.45, 7) is 0.780. The van der Waals surface area contributed by atoms with Crippen molar-refractivity contribution in [2.75, 3.05) is 14.1 Å². The van der Waals surface area contributed by atoms with Crippen molar-refractivity contribution in [3.63, 3.8) is 0 Å². The standard InChI is InChI=1S/C14H20F2N2O2/c1-9(17-10(2)13(19)18(3)4)11-6-5-7-12(8-11)20-14(15)16/h5-10,14,17H,1-4H3. The number of likely N-dealkylation sites (N-methyl/N-ethyl adjacent to an activating group) is 1. The van der Waals surface area contributed by atoms with Crippen molar-refractivity contribution in [1.82, 2.24) is 10.2 Å². The summed E-state index contributed by atoms with van der Waals surface area (Å²) in [7, 11) is 3.37. The summed E-state index contributed by atoms with van der Waals surface area (Å²) < 4.78 is 28.7. The topological polar surface area (TPSA) is 41.6 Å². The summed E-state index contributed by atoms with van der Waals surface area (Å²) in [6.07, 6.45) is 0. The number of carbonyl (C=O) groups is 1. The average molecular weight is 286 g/mol. The van der Waals surface area contributed by atoms with Crippen LogP contribution in [-0.4, -0.2) is 37.6 Å². The van der Waals surface area contributed by atoms with E-state index >= 15 is 0 Å². The van der Waals surface area contributed by atoms with Gasteiger partial charge in [-0.15, -0.1) is 0 Å². The van der Waals surface area contributed by atoms with Crippen LogP contribution in [0.3, 0.4) is 0 Å². The normalized spacial score (nSPS) is 13.9. The molecule has 0 aromatic heterocycles. The highest BCUT2D eigenvalue weighted by Crippen LogP contribution is 2.21. The van der Waals surface area contributed by atoms with E-state index in [1.165, 1.54) is 17.0 Å². The van der Waals surface area contributed by atoms with E-state index in [4.69, 9.17) is 0 Å². The van der Waals surface area contributed by atoms with E-state index in [1.807, 2.05) is 6.92 Å². The lowest BCUT2D eigenvalue weighted by atomic mass is 10.1. The van der Waals surface area contributed by atoms with Gasteiger partial charge in [0.1, 0.15) is 5.75 Å². The first kappa shape index (κ1) is 16.4. The SMILES string of the molecule is CC(NC(C)c1cccc(OC(F)F)c1)C(=O)N(C)C. The number of nitrogens with one attached hydrogen (secondary N) is 1. The highest BCUT2D eigenvalue weighted by Gasteiger charge is 2.18. The summed E-state index contributed by atoms with van der Waals surface area (Å²) >= 11 is 0. The molecule has 1 rings (SSSR count). The molecule has 1 amide bonds. The summed E-state index contributed by atoms with van der Waals surface area (Å²) in [5.41, 5.74) is 0.779. The second kappa shape index (κ2) is 7.19. The number of amides is 1. The quantitative estimate of drug-likeness (QED) is 0.873. The van der Waals surface area contributed by atoms with Crippen molar-refractivity contribution >= 4 is 5.91 Å². The molecule has 0 spiro atoms. The molecule has 0 radical (unpaired) electrons. The minimum Gasteiger partial charge on any atom is -0.435 e. The minimum absolute atomic E-state index is 0.0446. The van der Waals surface area contributed by atoms with E-state index in [-0.39, 0.29) is 23.7 Å². The number of carbonyl (C=O) groups excluding carboxylic acids is 1. The summed E-state index contributed by atoms with van der Waals surface area (Å²) in [5, 5.41) is 3.12. The van der Waals surface area contributed by atoms with Gasteiger partial charge in [0, 0.05) is 20.1 Å². The van der Waals surface area contributed by atoms with Crippen molar-refractivity contribution in [3.05, 3.63) is 29.8 Å². The first-order chi connectivity index (χ1) is 9.31. The molecular weight excluding hydrogens is 266 g/mol. The van der Waals surface area contributed by atoms with Gasteiger partial charge in [-0.25, -0.2) is 0 Å². The lowest BCUT2D eigenvalue weighted by Gasteiger charge is -2.22. The summed E-state index contributed by atoms with van der Waals surface area (Å²) in [5.74, 6) is 0.0644. The molecular formula is C14H20F2N2O2. The maximum Gasteiger partial charge on any atom is 0.387 e. The van der Waals surface area contributed by atoms with Crippen LogP contribution in [0.25, 0.3) is 0 Å².